The van der Waals surface area contributed by atoms with E-state index in [9.17, 15) is 4.79 Å². The molecule has 1 aliphatic heterocycles. The van der Waals surface area contributed by atoms with Gasteiger partial charge in [0, 0.05) is 17.6 Å². The molecule has 1 amide bonds. The zero-order valence-electron chi connectivity index (χ0n) is 10.1. The summed E-state index contributed by atoms with van der Waals surface area (Å²) >= 11 is 3.38. The minimum absolute atomic E-state index is 0.0117. The second-order valence-corrected chi connectivity index (χ2v) is 5.41. The molecule has 0 aliphatic carbocycles. The lowest BCUT2D eigenvalue weighted by Gasteiger charge is -2.15. The van der Waals surface area contributed by atoms with Gasteiger partial charge in [-0.1, -0.05) is 15.9 Å². The van der Waals surface area contributed by atoms with Gasteiger partial charge in [0.25, 0.3) is 0 Å². The minimum atomic E-state index is -0.189. The molecule has 1 heterocycles. The molecule has 2 rings (SSSR count). The molecule has 1 fully saturated rings. The fourth-order valence-corrected chi connectivity index (χ4v) is 2.36. The van der Waals surface area contributed by atoms with E-state index in [0.29, 0.717) is 6.61 Å². The number of carbonyl (C=O) groups is 1. The van der Waals surface area contributed by atoms with Gasteiger partial charge in [-0.2, -0.15) is 0 Å². The van der Waals surface area contributed by atoms with Crippen molar-refractivity contribution in [1.29, 1.82) is 0 Å². The van der Waals surface area contributed by atoms with Crippen molar-refractivity contribution in [2.45, 2.75) is 6.42 Å². The van der Waals surface area contributed by atoms with Crippen molar-refractivity contribution in [3.63, 3.8) is 0 Å². The fourth-order valence-electron chi connectivity index (χ4n) is 2.09. The Labute approximate surface area is 115 Å². The maximum Gasteiger partial charge on any atom is 0.221 e. The average molecular weight is 313 g/mol. The van der Waals surface area contributed by atoms with E-state index in [1.165, 1.54) is 0 Å². The zero-order chi connectivity index (χ0) is 13.0. The number of benzene rings is 1. The van der Waals surface area contributed by atoms with Gasteiger partial charge in [-0.05, 0) is 37.2 Å². The van der Waals surface area contributed by atoms with Crippen molar-refractivity contribution in [2.75, 3.05) is 26.2 Å². The molecular formula is C13H17BrN2O2. The van der Waals surface area contributed by atoms with E-state index in [-0.39, 0.29) is 11.8 Å². The van der Waals surface area contributed by atoms with E-state index in [2.05, 4.69) is 20.8 Å². The monoisotopic (exact) mass is 312 g/mol. The van der Waals surface area contributed by atoms with Crippen molar-refractivity contribution < 1.29 is 9.53 Å². The summed E-state index contributed by atoms with van der Waals surface area (Å²) in [5.74, 6) is 0.688. The Morgan fingerprint density at radius 3 is 2.78 bits per heavy atom. The van der Waals surface area contributed by atoms with Gasteiger partial charge in [0.2, 0.25) is 5.91 Å². The first kappa shape index (κ1) is 13.4. The molecule has 0 aromatic heterocycles. The van der Waals surface area contributed by atoms with E-state index in [0.717, 1.165) is 36.3 Å². The van der Waals surface area contributed by atoms with Crippen molar-refractivity contribution in [1.82, 2.24) is 4.90 Å². The molecule has 0 spiro atoms. The summed E-state index contributed by atoms with van der Waals surface area (Å²) in [6.45, 7) is 3.16. The summed E-state index contributed by atoms with van der Waals surface area (Å²) in [6, 6.07) is 7.77. The first-order valence-corrected chi connectivity index (χ1v) is 6.84. The van der Waals surface area contributed by atoms with Crippen LogP contribution in [0.4, 0.5) is 0 Å². The highest BCUT2D eigenvalue weighted by molar-refractivity contribution is 9.10. The maximum atomic E-state index is 11.0. The summed E-state index contributed by atoms with van der Waals surface area (Å²) in [7, 11) is 0. The van der Waals surface area contributed by atoms with E-state index in [4.69, 9.17) is 10.5 Å². The summed E-state index contributed by atoms with van der Waals surface area (Å²) in [6.07, 6.45) is 0.869. The van der Waals surface area contributed by atoms with Crippen LogP contribution in [0.3, 0.4) is 0 Å². The standard InChI is InChI=1S/C13H17BrN2O2/c14-11-1-3-12(4-2-11)18-8-7-16-6-5-10(9-16)13(15)17/h1-4,10H,5-9H2,(H2,15,17)/t10-/m1/s1. The van der Waals surface area contributed by atoms with E-state index >= 15 is 0 Å². The van der Waals surface area contributed by atoms with Crippen LogP contribution in [0.25, 0.3) is 0 Å². The third-order valence-electron chi connectivity index (χ3n) is 3.16. The van der Waals surface area contributed by atoms with Crippen molar-refractivity contribution in [3.05, 3.63) is 28.7 Å². The molecule has 1 aromatic rings. The fraction of sp³-hybridized carbons (Fsp3) is 0.462. The van der Waals surface area contributed by atoms with Gasteiger partial charge in [0.1, 0.15) is 12.4 Å². The summed E-state index contributed by atoms with van der Waals surface area (Å²) in [4.78, 5) is 13.3. The van der Waals surface area contributed by atoms with Crippen LogP contribution >= 0.6 is 15.9 Å². The number of amides is 1. The first-order chi connectivity index (χ1) is 8.65. The molecule has 5 heteroatoms. The molecule has 1 aromatic carbocycles. The number of primary amides is 1. The normalized spacial score (nSPS) is 19.9. The number of nitrogens with two attached hydrogens (primary N) is 1. The highest BCUT2D eigenvalue weighted by atomic mass is 79.9. The lowest BCUT2D eigenvalue weighted by molar-refractivity contribution is -0.121. The lowest BCUT2D eigenvalue weighted by atomic mass is 10.1. The Hall–Kier alpha value is -1.07. The van der Waals surface area contributed by atoms with Crippen LogP contribution in [-0.4, -0.2) is 37.0 Å². The van der Waals surface area contributed by atoms with Gasteiger partial charge in [0.15, 0.2) is 0 Å². The summed E-state index contributed by atoms with van der Waals surface area (Å²) in [5, 5.41) is 0. The summed E-state index contributed by atoms with van der Waals surface area (Å²) in [5.41, 5.74) is 5.29. The third kappa shape index (κ3) is 3.71. The van der Waals surface area contributed by atoms with Crippen LogP contribution in [0.5, 0.6) is 5.75 Å². The largest absolute Gasteiger partial charge is 0.492 e. The van der Waals surface area contributed by atoms with E-state index in [1.807, 2.05) is 24.3 Å². The Kier molecular flexibility index (Phi) is 4.60. The smallest absolute Gasteiger partial charge is 0.221 e. The highest BCUT2D eigenvalue weighted by Crippen LogP contribution is 2.17. The second kappa shape index (κ2) is 6.20. The second-order valence-electron chi connectivity index (χ2n) is 4.49. The number of hydrogen-bond acceptors (Lipinski definition) is 3. The summed E-state index contributed by atoms with van der Waals surface area (Å²) < 4.78 is 6.68. The number of ether oxygens (including phenoxy) is 1. The van der Waals surface area contributed by atoms with Crippen LogP contribution in [0, 0.1) is 5.92 Å². The van der Waals surface area contributed by atoms with Crippen molar-refractivity contribution >= 4 is 21.8 Å². The number of nitrogens with zero attached hydrogens (tertiary/aromatic N) is 1. The van der Waals surface area contributed by atoms with Gasteiger partial charge in [0.05, 0.1) is 5.92 Å². The Morgan fingerprint density at radius 1 is 1.44 bits per heavy atom. The van der Waals surface area contributed by atoms with Crippen LogP contribution in [0.15, 0.2) is 28.7 Å². The van der Waals surface area contributed by atoms with Crippen LogP contribution < -0.4 is 10.5 Å². The number of likely N-dealkylation sites (tertiary alicyclic amines) is 1. The van der Waals surface area contributed by atoms with Gasteiger partial charge >= 0.3 is 0 Å². The lowest BCUT2D eigenvalue weighted by Crippen LogP contribution is -2.30. The minimum Gasteiger partial charge on any atom is -0.492 e. The number of carbonyl (C=O) groups excluding carboxylic acids is 1. The van der Waals surface area contributed by atoms with Crippen LogP contribution in [0.2, 0.25) is 0 Å². The van der Waals surface area contributed by atoms with Crippen molar-refractivity contribution in [3.8, 4) is 5.75 Å². The van der Waals surface area contributed by atoms with Gasteiger partial charge < -0.3 is 10.5 Å². The first-order valence-electron chi connectivity index (χ1n) is 6.05. The van der Waals surface area contributed by atoms with Gasteiger partial charge in [-0.3, -0.25) is 9.69 Å². The Balaban J connectivity index is 1.70. The third-order valence-corrected chi connectivity index (χ3v) is 3.69. The Morgan fingerprint density at radius 2 is 2.17 bits per heavy atom. The topological polar surface area (TPSA) is 55.6 Å². The molecule has 0 radical (unpaired) electrons. The average Bonchev–Trinajstić information content (AvgIpc) is 2.81. The predicted molar refractivity (Wildman–Crippen MR) is 73.4 cm³/mol. The van der Waals surface area contributed by atoms with Crippen LogP contribution in [0.1, 0.15) is 6.42 Å². The number of rotatable bonds is 5. The molecule has 1 saturated heterocycles. The van der Waals surface area contributed by atoms with Crippen LogP contribution in [-0.2, 0) is 4.79 Å². The molecule has 2 N–H and O–H groups in total. The number of halogens is 1. The molecule has 0 bridgehead atoms. The predicted octanol–water partition coefficient (Wildman–Crippen LogP) is 1.64. The zero-order valence-corrected chi connectivity index (χ0v) is 11.7. The molecule has 4 nitrogen and oxygen atoms in total. The van der Waals surface area contributed by atoms with E-state index in [1.54, 1.807) is 0 Å². The molecule has 1 atom stereocenters. The SMILES string of the molecule is NC(=O)[C@@H]1CCN(CCOc2ccc(Br)cc2)C1. The molecule has 0 saturated carbocycles. The highest BCUT2D eigenvalue weighted by Gasteiger charge is 2.25. The number of hydrogen-bond donors (Lipinski definition) is 1. The quantitative estimate of drug-likeness (QED) is 0.899. The molecule has 98 valence electrons. The maximum absolute atomic E-state index is 11.0. The Bertz CT molecular complexity index is 408. The molecule has 1 aliphatic rings. The van der Waals surface area contributed by atoms with E-state index < -0.39 is 0 Å². The van der Waals surface area contributed by atoms with Gasteiger partial charge in [-0.25, -0.2) is 0 Å². The van der Waals surface area contributed by atoms with Crippen molar-refractivity contribution in [2.24, 2.45) is 11.7 Å². The molecule has 0 unspecified atom stereocenters. The van der Waals surface area contributed by atoms with Gasteiger partial charge in [-0.15, -0.1) is 0 Å². The molecular weight excluding hydrogens is 296 g/mol. The molecule has 18 heavy (non-hydrogen) atoms.